The molecule has 11 heteroatoms. The summed E-state index contributed by atoms with van der Waals surface area (Å²) in [6.07, 6.45) is 5.34. The molecule has 0 spiro atoms. The Hall–Kier alpha value is -3.24. The van der Waals surface area contributed by atoms with Crippen LogP contribution in [0.25, 0.3) is 0 Å². The Labute approximate surface area is 164 Å². The van der Waals surface area contributed by atoms with Crippen LogP contribution in [0, 0.1) is 0 Å². The number of carbonyl (C=O) groups is 2. The zero-order chi connectivity index (χ0) is 20.2. The Morgan fingerprint density at radius 3 is 2.90 bits per heavy atom. The van der Waals surface area contributed by atoms with E-state index < -0.39 is 23.9 Å². The molecule has 2 unspecified atom stereocenters. The van der Waals surface area contributed by atoms with Crippen LogP contribution >= 0.6 is 0 Å². The Morgan fingerprint density at radius 1 is 1.34 bits per heavy atom. The second kappa shape index (κ2) is 6.39. The van der Waals surface area contributed by atoms with Gasteiger partial charge in [0.2, 0.25) is 5.91 Å². The van der Waals surface area contributed by atoms with Gasteiger partial charge in [-0.1, -0.05) is 6.08 Å². The lowest BCUT2D eigenvalue weighted by Crippen LogP contribution is -2.56. The highest BCUT2D eigenvalue weighted by Crippen LogP contribution is 2.41. The first kappa shape index (κ1) is 17.8. The van der Waals surface area contributed by atoms with Crippen molar-refractivity contribution >= 4 is 17.8 Å². The van der Waals surface area contributed by atoms with Crippen LogP contribution in [-0.2, 0) is 4.79 Å². The molecule has 4 aliphatic rings. The molecular weight excluding hydrogens is 384 g/mol. The summed E-state index contributed by atoms with van der Waals surface area (Å²) in [5.74, 6) is -2.57. The molecule has 152 valence electrons. The molecule has 3 N–H and O–H groups in total. The molecule has 5 rings (SSSR count). The molecule has 2 bridgehead atoms. The summed E-state index contributed by atoms with van der Waals surface area (Å²) in [5, 5.41) is 15.8. The molecule has 1 aliphatic carbocycles. The van der Waals surface area contributed by atoms with Crippen molar-refractivity contribution in [2.45, 2.75) is 36.9 Å². The van der Waals surface area contributed by atoms with Crippen LogP contribution in [0.2, 0.25) is 0 Å². The van der Waals surface area contributed by atoms with Gasteiger partial charge in [-0.25, -0.2) is 13.6 Å². The van der Waals surface area contributed by atoms with E-state index in [0.717, 1.165) is 18.7 Å². The third-order valence-electron chi connectivity index (χ3n) is 5.54. The number of hydrogen-bond donors (Lipinski definition) is 3. The van der Waals surface area contributed by atoms with E-state index in [2.05, 4.69) is 31.0 Å². The molecule has 1 aromatic rings. The van der Waals surface area contributed by atoms with Crippen molar-refractivity contribution in [1.29, 1.82) is 0 Å². The lowest BCUT2D eigenvalue weighted by Gasteiger charge is -2.40. The van der Waals surface area contributed by atoms with Gasteiger partial charge in [-0.3, -0.25) is 15.0 Å². The Kier molecular flexibility index (Phi) is 3.93. The average Bonchev–Trinajstić information content (AvgIpc) is 3.09. The van der Waals surface area contributed by atoms with E-state index >= 15 is 0 Å². The number of nitrogens with zero attached hydrogens (tertiary/aromatic N) is 4. The summed E-state index contributed by atoms with van der Waals surface area (Å²) in [4.78, 5) is 29.1. The van der Waals surface area contributed by atoms with Crippen molar-refractivity contribution in [2.24, 2.45) is 0 Å². The number of carbonyl (C=O) groups excluding carboxylic acids is 2. The van der Waals surface area contributed by atoms with Gasteiger partial charge in [0, 0.05) is 25.7 Å². The van der Waals surface area contributed by atoms with Gasteiger partial charge in [0.15, 0.2) is 5.82 Å². The summed E-state index contributed by atoms with van der Waals surface area (Å²) in [6, 6.07) is 0.877. The molecule has 4 heterocycles. The maximum atomic E-state index is 13.1. The topological polar surface area (TPSA) is 102 Å². The number of amides is 3. The number of urea groups is 1. The Morgan fingerprint density at radius 2 is 2.17 bits per heavy atom. The SMILES string of the molecule is O=C(NC1CC1(F)F)C1C=CC2=C(N1)N(C(=O)Nc1cccnn1)[C@H]1CCN2C1. The monoisotopic (exact) mass is 403 g/mol. The second-order valence-corrected chi connectivity index (χ2v) is 7.54. The molecule has 1 saturated heterocycles. The smallest absolute Gasteiger partial charge is 0.329 e. The van der Waals surface area contributed by atoms with E-state index in [0.29, 0.717) is 18.2 Å². The number of dihydropyridines is 1. The predicted molar refractivity (Wildman–Crippen MR) is 97.5 cm³/mol. The maximum absolute atomic E-state index is 13.1. The van der Waals surface area contributed by atoms with E-state index in [9.17, 15) is 18.4 Å². The van der Waals surface area contributed by atoms with Crippen molar-refractivity contribution in [1.82, 2.24) is 30.6 Å². The summed E-state index contributed by atoms with van der Waals surface area (Å²) in [5.41, 5.74) is 0.800. The second-order valence-electron chi connectivity index (χ2n) is 7.54. The van der Waals surface area contributed by atoms with E-state index in [4.69, 9.17) is 0 Å². The molecule has 1 saturated carbocycles. The predicted octanol–water partition coefficient (Wildman–Crippen LogP) is 0.619. The van der Waals surface area contributed by atoms with Crippen LogP contribution in [0.4, 0.5) is 19.4 Å². The molecule has 2 fully saturated rings. The highest BCUT2D eigenvalue weighted by atomic mass is 19.3. The highest BCUT2D eigenvalue weighted by Gasteiger charge is 2.58. The summed E-state index contributed by atoms with van der Waals surface area (Å²) < 4.78 is 26.3. The first-order valence-electron chi connectivity index (χ1n) is 9.42. The van der Waals surface area contributed by atoms with Crippen LogP contribution in [0.15, 0.2) is 42.0 Å². The van der Waals surface area contributed by atoms with Gasteiger partial charge in [-0.05, 0) is 24.6 Å². The minimum atomic E-state index is -2.84. The molecule has 1 aromatic heterocycles. The third-order valence-corrected chi connectivity index (χ3v) is 5.54. The van der Waals surface area contributed by atoms with E-state index in [1.54, 1.807) is 29.2 Å². The van der Waals surface area contributed by atoms with Crippen LogP contribution in [0.3, 0.4) is 0 Å². The number of rotatable bonds is 3. The minimum Gasteiger partial charge on any atom is -0.366 e. The van der Waals surface area contributed by atoms with Gasteiger partial charge in [0.1, 0.15) is 11.9 Å². The molecule has 3 amide bonds. The average molecular weight is 403 g/mol. The van der Waals surface area contributed by atoms with Gasteiger partial charge in [-0.15, -0.1) is 5.10 Å². The molecule has 3 atom stereocenters. The van der Waals surface area contributed by atoms with Crippen molar-refractivity contribution in [3.63, 3.8) is 0 Å². The fraction of sp³-hybridized carbons (Fsp3) is 0.444. The van der Waals surface area contributed by atoms with Crippen molar-refractivity contribution in [3.8, 4) is 0 Å². The minimum absolute atomic E-state index is 0.0686. The van der Waals surface area contributed by atoms with Crippen LogP contribution in [-0.4, -0.2) is 69.1 Å². The van der Waals surface area contributed by atoms with E-state index in [-0.39, 0.29) is 18.5 Å². The lowest BCUT2D eigenvalue weighted by atomic mass is 10.1. The largest absolute Gasteiger partial charge is 0.366 e. The number of aromatic nitrogens is 2. The van der Waals surface area contributed by atoms with Crippen LogP contribution in [0.1, 0.15) is 12.8 Å². The van der Waals surface area contributed by atoms with Crippen molar-refractivity contribution < 1.29 is 18.4 Å². The van der Waals surface area contributed by atoms with Crippen LogP contribution < -0.4 is 16.0 Å². The molecule has 9 nitrogen and oxygen atoms in total. The van der Waals surface area contributed by atoms with E-state index in [1.807, 2.05) is 0 Å². The zero-order valence-electron chi connectivity index (χ0n) is 15.3. The van der Waals surface area contributed by atoms with Crippen molar-refractivity contribution in [2.75, 3.05) is 18.4 Å². The number of halogens is 2. The van der Waals surface area contributed by atoms with Gasteiger partial charge in [0.05, 0.1) is 17.8 Å². The van der Waals surface area contributed by atoms with Gasteiger partial charge < -0.3 is 15.5 Å². The normalized spacial score (nSPS) is 28.6. The number of fused-ring (bicyclic) bond motifs is 3. The summed E-state index contributed by atoms with van der Waals surface area (Å²) in [7, 11) is 0. The molecule has 0 radical (unpaired) electrons. The number of allylic oxidation sites excluding steroid dienone is 1. The Balaban J connectivity index is 1.36. The first-order chi connectivity index (χ1) is 13.9. The quantitative estimate of drug-likeness (QED) is 0.684. The fourth-order valence-corrected chi connectivity index (χ4v) is 3.93. The highest BCUT2D eigenvalue weighted by molar-refractivity contribution is 5.91. The van der Waals surface area contributed by atoms with E-state index in [1.165, 1.54) is 6.20 Å². The molecular formula is C18H19F2N7O2. The van der Waals surface area contributed by atoms with Crippen molar-refractivity contribution in [3.05, 3.63) is 42.0 Å². The summed E-state index contributed by atoms with van der Waals surface area (Å²) in [6.45, 7) is 1.47. The summed E-state index contributed by atoms with van der Waals surface area (Å²) >= 11 is 0. The number of hydrogen-bond acceptors (Lipinski definition) is 6. The number of anilines is 1. The Bertz CT molecular complexity index is 920. The van der Waals surface area contributed by atoms with Gasteiger partial charge in [0.25, 0.3) is 5.92 Å². The first-order valence-corrected chi connectivity index (χ1v) is 9.42. The molecule has 0 aromatic carbocycles. The number of alkyl halides is 2. The third kappa shape index (κ3) is 3.15. The molecule has 29 heavy (non-hydrogen) atoms. The van der Waals surface area contributed by atoms with Gasteiger partial charge in [-0.2, -0.15) is 5.10 Å². The number of nitrogens with one attached hydrogen (secondary N) is 3. The lowest BCUT2D eigenvalue weighted by molar-refractivity contribution is -0.122. The fourth-order valence-electron chi connectivity index (χ4n) is 3.93. The zero-order valence-corrected chi connectivity index (χ0v) is 15.3. The standard InChI is InChI=1S/C18H19F2N7O2/c19-18(20)8-13(18)23-16(28)11-3-4-12-15(22-11)27(10-5-7-26(12)9-10)17(29)24-14-2-1-6-21-25-14/h1-4,6,10-11,13,22H,5,7-9H2,(H,23,28)(H,24,25,29)/t10-,11?,13?/m0/s1. The van der Waals surface area contributed by atoms with Gasteiger partial charge >= 0.3 is 6.03 Å². The molecule has 3 aliphatic heterocycles. The van der Waals surface area contributed by atoms with Crippen LogP contribution in [0.5, 0.6) is 0 Å². The maximum Gasteiger partial charge on any atom is 0.329 e.